The highest BCUT2D eigenvalue weighted by molar-refractivity contribution is 6.62. The Labute approximate surface area is 200 Å². The first-order valence-electron chi connectivity index (χ1n) is 10.9. The Kier molecular flexibility index (Phi) is 4.20. The van der Waals surface area contributed by atoms with Crippen molar-refractivity contribution in [1.82, 2.24) is 0 Å². The third-order valence-electron chi connectivity index (χ3n) is 6.66. The molecular formula is C26H19BO8. The van der Waals surface area contributed by atoms with Crippen LogP contribution in [0.15, 0.2) is 66.9 Å². The number of phenolic OH excluding ortho intramolecular Hbond substituents is 1. The van der Waals surface area contributed by atoms with Crippen molar-refractivity contribution in [3.05, 3.63) is 94.8 Å². The van der Waals surface area contributed by atoms with Crippen molar-refractivity contribution >= 4 is 24.5 Å². The highest BCUT2D eigenvalue weighted by Gasteiger charge is 2.54. The molecule has 0 bridgehead atoms. The van der Waals surface area contributed by atoms with E-state index in [0.29, 0.717) is 33.7 Å². The van der Waals surface area contributed by atoms with Crippen molar-refractivity contribution in [3.8, 4) is 17.2 Å². The monoisotopic (exact) mass is 470 g/mol. The molecule has 0 saturated carbocycles. The molecular weight excluding hydrogens is 451 g/mol. The predicted octanol–water partition coefficient (Wildman–Crippen LogP) is 3.69. The molecule has 3 aliphatic heterocycles. The maximum absolute atomic E-state index is 13.0. The van der Waals surface area contributed by atoms with Crippen LogP contribution < -0.4 is 10.2 Å². The van der Waals surface area contributed by atoms with Gasteiger partial charge in [-0.1, -0.05) is 18.7 Å². The molecule has 3 aliphatic rings. The van der Waals surface area contributed by atoms with Gasteiger partial charge >= 0.3 is 19.1 Å². The lowest BCUT2D eigenvalue weighted by Gasteiger charge is -2.36. The van der Waals surface area contributed by atoms with E-state index in [1.165, 1.54) is 30.3 Å². The number of carbonyl (C=O) groups is 2. The second-order valence-corrected chi connectivity index (χ2v) is 9.18. The third-order valence-corrected chi connectivity index (χ3v) is 6.66. The van der Waals surface area contributed by atoms with Crippen LogP contribution in [0.1, 0.15) is 51.3 Å². The van der Waals surface area contributed by atoms with Crippen LogP contribution in [0.4, 0.5) is 0 Å². The number of phenols is 1. The van der Waals surface area contributed by atoms with Crippen molar-refractivity contribution in [2.45, 2.75) is 25.0 Å². The van der Waals surface area contributed by atoms with Crippen LogP contribution >= 0.6 is 0 Å². The number of rotatable bonds is 2. The summed E-state index contributed by atoms with van der Waals surface area (Å²) in [5.41, 5.74) is 0.138. The SMILES string of the molecule is C=C1OB(c2ccc3c(c2)Oc2cc(O)ccc2C32OC(=O)c3ccc(C(=O)O)cc32)OC1(C)C. The largest absolute Gasteiger partial charge is 0.563 e. The van der Waals surface area contributed by atoms with Crippen molar-refractivity contribution in [2.75, 3.05) is 0 Å². The van der Waals surface area contributed by atoms with E-state index < -0.39 is 30.3 Å². The van der Waals surface area contributed by atoms with E-state index >= 15 is 0 Å². The minimum atomic E-state index is -1.46. The van der Waals surface area contributed by atoms with Gasteiger partial charge in [0.1, 0.15) is 22.8 Å². The molecule has 35 heavy (non-hydrogen) atoms. The molecule has 1 saturated heterocycles. The lowest BCUT2D eigenvalue weighted by Crippen LogP contribution is -2.37. The minimum Gasteiger partial charge on any atom is -0.534 e. The van der Waals surface area contributed by atoms with Gasteiger partial charge in [0, 0.05) is 28.2 Å². The fourth-order valence-corrected chi connectivity index (χ4v) is 4.77. The fourth-order valence-electron chi connectivity index (χ4n) is 4.77. The maximum Gasteiger partial charge on any atom is 0.563 e. The van der Waals surface area contributed by atoms with Crippen LogP contribution in [-0.4, -0.2) is 34.9 Å². The molecule has 0 aromatic heterocycles. The van der Waals surface area contributed by atoms with Crippen LogP contribution in [0.5, 0.6) is 17.2 Å². The normalized spacial score (nSPS) is 21.0. The summed E-state index contributed by atoms with van der Waals surface area (Å²) >= 11 is 0. The molecule has 8 nitrogen and oxygen atoms in total. The quantitative estimate of drug-likeness (QED) is 0.431. The smallest absolute Gasteiger partial charge is 0.534 e. The highest BCUT2D eigenvalue weighted by Crippen LogP contribution is 2.56. The number of hydrogen-bond donors (Lipinski definition) is 2. The van der Waals surface area contributed by atoms with E-state index in [0.717, 1.165) is 0 Å². The first kappa shape index (κ1) is 21.3. The van der Waals surface area contributed by atoms with Gasteiger partial charge in [-0.05, 0) is 50.2 Å². The molecule has 1 atom stereocenters. The van der Waals surface area contributed by atoms with Crippen molar-refractivity contribution in [3.63, 3.8) is 0 Å². The summed E-state index contributed by atoms with van der Waals surface area (Å²) in [5.74, 6) is -0.642. The molecule has 3 heterocycles. The molecule has 3 aromatic carbocycles. The standard InChI is InChI=1S/C26H19BO8/c1-13-25(2,3)35-27(34-13)15-5-8-18-21(11-15)32-22-12-16(28)6-9-19(22)26(18)20-10-14(23(29)30)4-7-17(20)24(31)33-26/h4-12,28H,1H2,2-3H3,(H,29,30). The molecule has 0 aliphatic carbocycles. The number of hydrogen-bond acceptors (Lipinski definition) is 7. The topological polar surface area (TPSA) is 112 Å². The van der Waals surface area contributed by atoms with Crippen LogP contribution in [0.2, 0.25) is 0 Å². The summed E-state index contributed by atoms with van der Waals surface area (Å²) in [6.45, 7) is 7.62. The van der Waals surface area contributed by atoms with Crippen LogP contribution in [-0.2, 0) is 19.6 Å². The van der Waals surface area contributed by atoms with E-state index in [1.54, 1.807) is 24.3 Å². The lowest BCUT2D eigenvalue weighted by atomic mass is 9.73. The Bertz CT molecular complexity index is 1480. The molecule has 1 fully saturated rings. The number of fused-ring (bicyclic) bond motifs is 6. The fraction of sp³-hybridized carbons (Fsp3) is 0.154. The van der Waals surface area contributed by atoms with E-state index in [-0.39, 0.29) is 22.6 Å². The summed E-state index contributed by atoms with van der Waals surface area (Å²) in [4.78, 5) is 24.7. The zero-order valence-corrected chi connectivity index (χ0v) is 18.8. The zero-order valence-electron chi connectivity index (χ0n) is 18.8. The van der Waals surface area contributed by atoms with Gasteiger partial charge < -0.3 is 29.0 Å². The van der Waals surface area contributed by atoms with Crippen molar-refractivity contribution < 1.29 is 38.6 Å². The molecule has 1 unspecified atom stereocenters. The molecule has 9 heteroatoms. The molecule has 2 N–H and O–H groups in total. The van der Waals surface area contributed by atoms with Crippen LogP contribution in [0, 0.1) is 0 Å². The van der Waals surface area contributed by atoms with E-state index in [9.17, 15) is 19.8 Å². The van der Waals surface area contributed by atoms with Gasteiger partial charge in [0.15, 0.2) is 5.60 Å². The molecule has 174 valence electrons. The van der Waals surface area contributed by atoms with Crippen LogP contribution in [0.3, 0.4) is 0 Å². The first-order chi connectivity index (χ1) is 16.6. The number of aromatic hydroxyl groups is 1. The van der Waals surface area contributed by atoms with Gasteiger partial charge in [-0.15, -0.1) is 0 Å². The maximum atomic E-state index is 13.0. The Morgan fingerprint density at radius 2 is 1.69 bits per heavy atom. The minimum absolute atomic E-state index is 0.0138. The van der Waals surface area contributed by atoms with Crippen LogP contribution in [0.25, 0.3) is 0 Å². The summed E-state index contributed by atoms with van der Waals surface area (Å²) < 4.78 is 24.0. The summed E-state index contributed by atoms with van der Waals surface area (Å²) in [6.07, 6.45) is 0. The first-order valence-corrected chi connectivity index (χ1v) is 10.9. The molecule has 3 aromatic rings. The number of aromatic carboxylic acids is 1. The van der Waals surface area contributed by atoms with Gasteiger partial charge in [0.25, 0.3) is 0 Å². The van der Waals surface area contributed by atoms with Gasteiger partial charge in [-0.3, -0.25) is 0 Å². The number of benzene rings is 3. The zero-order chi connectivity index (χ0) is 24.7. The second kappa shape index (κ2) is 6.90. The number of carbonyl (C=O) groups excluding carboxylic acids is 1. The van der Waals surface area contributed by atoms with Crippen molar-refractivity contribution in [1.29, 1.82) is 0 Å². The molecule has 0 amide bonds. The Morgan fingerprint density at radius 3 is 2.37 bits per heavy atom. The average molecular weight is 470 g/mol. The number of esters is 1. The number of ether oxygens (including phenoxy) is 2. The van der Waals surface area contributed by atoms with Gasteiger partial charge in [0.2, 0.25) is 0 Å². The Hall–Kier alpha value is -4.24. The van der Waals surface area contributed by atoms with Gasteiger partial charge in [0.05, 0.1) is 16.9 Å². The molecule has 1 spiro atoms. The molecule has 0 radical (unpaired) electrons. The summed E-state index contributed by atoms with van der Waals surface area (Å²) in [5, 5.41) is 19.7. The highest BCUT2D eigenvalue weighted by atomic mass is 16.7. The van der Waals surface area contributed by atoms with E-state index in [2.05, 4.69) is 6.58 Å². The Balaban J connectivity index is 1.58. The predicted molar refractivity (Wildman–Crippen MR) is 124 cm³/mol. The summed E-state index contributed by atoms with van der Waals surface area (Å²) in [6, 6.07) is 14.0. The third kappa shape index (κ3) is 2.91. The van der Waals surface area contributed by atoms with E-state index in [1.807, 2.05) is 13.8 Å². The van der Waals surface area contributed by atoms with Gasteiger partial charge in [-0.2, -0.15) is 0 Å². The Morgan fingerprint density at radius 1 is 0.971 bits per heavy atom. The van der Waals surface area contributed by atoms with E-state index in [4.69, 9.17) is 18.8 Å². The van der Waals surface area contributed by atoms with Crippen molar-refractivity contribution in [2.24, 2.45) is 0 Å². The number of carboxylic acid groups (broad SMARTS) is 1. The summed E-state index contributed by atoms with van der Waals surface area (Å²) in [7, 11) is -0.718. The lowest BCUT2D eigenvalue weighted by molar-refractivity contribution is 0.0224. The molecule has 6 rings (SSSR count). The second-order valence-electron chi connectivity index (χ2n) is 9.18. The average Bonchev–Trinajstić information content (AvgIpc) is 3.25. The van der Waals surface area contributed by atoms with Gasteiger partial charge in [-0.25, -0.2) is 9.59 Å². The number of carboxylic acids is 1.